The van der Waals surface area contributed by atoms with Crippen LogP contribution >= 0.6 is 0 Å². The van der Waals surface area contributed by atoms with Crippen LogP contribution in [0.3, 0.4) is 0 Å². The number of nitrogens with zero attached hydrogens (tertiary/aromatic N) is 1. The number of amides is 1. The first-order valence-electron chi connectivity index (χ1n) is 11.3. The highest BCUT2D eigenvalue weighted by Crippen LogP contribution is 2.27. The zero-order valence-corrected chi connectivity index (χ0v) is 19.3. The van der Waals surface area contributed by atoms with Crippen LogP contribution in [0.15, 0.2) is 12.2 Å². The molecule has 0 unspecified atom stereocenters. The van der Waals surface area contributed by atoms with Crippen molar-refractivity contribution in [3.8, 4) is 0 Å². The molecule has 2 bridgehead atoms. The van der Waals surface area contributed by atoms with Gasteiger partial charge in [0, 0.05) is 25.0 Å². The number of Topliss-reactive ketones (excluding diaryl/α,β-unsaturated/α-hetero) is 2. The number of allylic oxidation sites excluding steroid dienone is 1. The Balaban J connectivity index is 2.28. The van der Waals surface area contributed by atoms with Crippen LogP contribution in [0.1, 0.15) is 66.7 Å². The normalized spacial score (nSPS) is 29.5. The molecular formula is C23H39N3O4. The second-order valence-electron chi connectivity index (χ2n) is 9.47. The maximum absolute atomic E-state index is 13.3. The van der Waals surface area contributed by atoms with Crippen LogP contribution in [-0.2, 0) is 14.3 Å². The second kappa shape index (κ2) is 10.5. The van der Waals surface area contributed by atoms with Gasteiger partial charge in [0.15, 0.2) is 11.6 Å². The van der Waals surface area contributed by atoms with E-state index in [-0.39, 0.29) is 43.2 Å². The minimum absolute atomic E-state index is 0.0325. The molecule has 0 aromatic carbocycles. The van der Waals surface area contributed by atoms with Gasteiger partial charge >= 0.3 is 6.09 Å². The van der Waals surface area contributed by atoms with Crippen molar-refractivity contribution in [3.05, 3.63) is 12.2 Å². The van der Waals surface area contributed by atoms with E-state index in [9.17, 15) is 14.4 Å². The molecule has 0 spiro atoms. The predicted molar refractivity (Wildman–Crippen MR) is 117 cm³/mol. The third kappa shape index (κ3) is 6.14. The summed E-state index contributed by atoms with van der Waals surface area (Å²) in [6, 6.07) is 0.174. The van der Waals surface area contributed by atoms with E-state index in [0.717, 1.165) is 25.7 Å². The third-order valence-corrected chi connectivity index (χ3v) is 6.10. The summed E-state index contributed by atoms with van der Waals surface area (Å²) >= 11 is 0. The fourth-order valence-electron chi connectivity index (χ4n) is 4.46. The lowest BCUT2D eigenvalue weighted by atomic mass is 9.84. The first kappa shape index (κ1) is 24.5. The van der Waals surface area contributed by atoms with Gasteiger partial charge in [0.25, 0.3) is 0 Å². The molecular weight excluding hydrogens is 382 g/mol. The highest BCUT2D eigenvalue weighted by Gasteiger charge is 2.47. The Morgan fingerprint density at radius 1 is 1.17 bits per heavy atom. The average Bonchev–Trinajstić information content (AvgIpc) is 3.11. The second-order valence-corrected chi connectivity index (χ2v) is 9.47. The third-order valence-electron chi connectivity index (χ3n) is 6.10. The average molecular weight is 422 g/mol. The summed E-state index contributed by atoms with van der Waals surface area (Å²) in [7, 11) is 0. The number of ketones is 2. The first-order chi connectivity index (χ1) is 14.1. The number of fused-ring (bicyclic) bond motifs is 2. The summed E-state index contributed by atoms with van der Waals surface area (Å²) in [5.41, 5.74) is -1.56. The van der Waals surface area contributed by atoms with E-state index in [4.69, 9.17) is 4.74 Å². The number of carbonyl (C=O) groups excluding carboxylic acids is 3. The number of ether oxygens (including phenoxy) is 1. The molecule has 2 aliphatic rings. The van der Waals surface area contributed by atoms with Gasteiger partial charge in [-0.1, -0.05) is 32.4 Å². The lowest BCUT2D eigenvalue weighted by Gasteiger charge is -2.35. The minimum Gasteiger partial charge on any atom is -0.445 e. The molecule has 0 aliphatic carbocycles. The van der Waals surface area contributed by atoms with Crippen molar-refractivity contribution in [1.82, 2.24) is 15.5 Å². The lowest BCUT2D eigenvalue weighted by molar-refractivity contribution is -0.129. The van der Waals surface area contributed by atoms with E-state index in [1.807, 2.05) is 46.8 Å². The van der Waals surface area contributed by atoms with Gasteiger partial charge in [-0.3, -0.25) is 14.9 Å². The van der Waals surface area contributed by atoms with Gasteiger partial charge < -0.3 is 15.0 Å². The largest absolute Gasteiger partial charge is 0.445 e. The van der Waals surface area contributed by atoms with E-state index in [1.54, 1.807) is 4.90 Å². The zero-order valence-electron chi connectivity index (χ0n) is 19.3. The molecule has 0 aromatic heterocycles. The molecule has 1 saturated heterocycles. The van der Waals surface area contributed by atoms with E-state index < -0.39 is 17.2 Å². The molecule has 1 amide bonds. The summed E-state index contributed by atoms with van der Waals surface area (Å²) in [6.07, 6.45) is 7.45. The Hall–Kier alpha value is -1.73. The smallest absolute Gasteiger partial charge is 0.410 e. The summed E-state index contributed by atoms with van der Waals surface area (Å²) in [5.74, 6) is -0.113. The molecule has 2 aliphatic heterocycles. The molecule has 2 rings (SSSR count). The SMILES string of the molecule is CC(C)N[C@@]1(C)CCCCC=CCOC(=O)N2CC[C@@](C(=O)C(C)C)(C2)NCC1=O. The Morgan fingerprint density at radius 3 is 2.57 bits per heavy atom. The summed E-state index contributed by atoms with van der Waals surface area (Å²) in [5, 5.41) is 6.73. The molecule has 0 saturated carbocycles. The van der Waals surface area contributed by atoms with Crippen molar-refractivity contribution in [2.24, 2.45) is 5.92 Å². The van der Waals surface area contributed by atoms with Crippen molar-refractivity contribution >= 4 is 17.7 Å². The summed E-state index contributed by atoms with van der Waals surface area (Å²) < 4.78 is 5.34. The van der Waals surface area contributed by atoms with Gasteiger partial charge in [0.1, 0.15) is 6.61 Å². The molecule has 2 atom stereocenters. The zero-order chi connectivity index (χ0) is 22.4. The molecule has 30 heavy (non-hydrogen) atoms. The highest BCUT2D eigenvalue weighted by molar-refractivity contribution is 5.94. The van der Waals surface area contributed by atoms with Crippen LogP contribution < -0.4 is 10.6 Å². The van der Waals surface area contributed by atoms with Gasteiger partial charge in [0.2, 0.25) is 0 Å². The predicted octanol–water partition coefficient (Wildman–Crippen LogP) is 2.84. The van der Waals surface area contributed by atoms with Gasteiger partial charge in [0.05, 0.1) is 17.6 Å². The van der Waals surface area contributed by atoms with Crippen LogP contribution in [0.2, 0.25) is 0 Å². The molecule has 0 aromatic rings. The number of carbonyl (C=O) groups is 3. The number of cyclic esters (lactones) is 1. The molecule has 7 nitrogen and oxygen atoms in total. The fraction of sp³-hybridized carbons (Fsp3) is 0.783. The standard InChI is InChI=1S/C23H39N3O4/c1-17(2)20(28)23-12-13-26(16-23)21(29)30-14-10-8-6-7-9-11-22(5,25-18(3)4)19(27)15-24-23/h8,10,17-18,24-25H,6-7,9,11-16H2,1-5H3/t22-,23-/m0/s1. The Bertz CT molecular complexity index is 661. The summed E-state index contributed by atoms with van der Waals surface area (Å²) in [6.45, 7) is 10.8. The quantitative estimate of drug-likeness (QED) is 0.679. The monoisotopic (exact) mass is 421 g/mol. The number of hydrogen-bond acceptors (Lipinski definition) is 6. The molecule has 2 heterocycles. The Labute approximate surface area is 181 Å². The van der Waals surface area contributed by atoms with Crippen LogP contribution in [0, 0.1) is 5.92 Å². The maximum Gasteiger partial charge on any atom is 0.410 e. The fourth-order valence-corrected chi connectivity index (χ4v) is 4.46. The molecule has 7 heteroatoms. The van der Waals surface area contributed by atoms with Gasteiger partial charge in [-0.15, -0.1) is 0 Å². The topological polar surface area (TPSA) is 87.7 Å². The number of nitrogens with one attached hydrogen (secondary N) is 2. The Kier molecular flexibility index (Phi) is 8.62. The maximum atomic E-state index is 13.3. The summed E-state index contributed by atoms with van der Waals surface area (Å²) in [4.78, 5) is 40.4. The van der Waals surface area contributed by atoms with Crippen molar-refractivity contribution in [2.45, 2.75) is 83.8 Å². The Morgan fingerprint density at radius 2 is 1.90 bits per heavy atom. The van der Waals surface area contributed by atoms with Crippen LogP contribution in [0.25, 0.3) is 0 Å². The van der Waals surface area contributed by atoms with Crippen molar-refractivity contribution < 1.29 is 19.1 Å². The number of rotatable bonds is 4. The van der Waals surface area contributed by atoms with Crippen molar-refractivity contribution in [2.75, 3.05) is 26.2 Å². The molecule has 1 fully saturated rings. The van der Waals surface area contributed by atoms with Gasteiger partial charge in [-0.25, -0.2) is 4.79 Å². The molecule has 0 radical (unpaired) electrons. The van der Waals surface area contributed by atoms with Crippen LogP contribution in [0.5, 0.6) is 0 Å². The van der Waals surface area contributed by atoms with E-state index in [1.165, 1.54) is 0 Å². The van der Waals surface area contributed by atoms with Crippen molar-refractivity contribution in [1.29, 1.82) is 0 Å². The molecule has 170 valence electrons. The van der Waals surface area contributed by atoms with Crippen LogP contribution in [-0.4, -0.2) is 65.9 Å². The van der Waals surface area contributed by atoms with Gasteiger partial charge in [-0.05, 0) is 46.5 Å². The minimum atomic E-state index is -0.908. The van der Waals surface area contributed by atoms with Crippen molar-refractivity contribution in [3.63, 3.8) is 0 Å². The highest BCUT2D eigenvalue weighted by atomic mass is 16.6. The van der Waals surface area contributed by atoms with E-state index in [0.29, 0.717) is 13.0 Å². The molecule has 2 N–H and O–H groups in total. The lowest BCUT2D eigenvalue weighted by Crippen LogP contribution is -2.61. The van der Waals surface area contributed by atoms with Gasteiger partial charge in [-0.2, -0.15) is 0 Å². The van der Waals surface area contributed by atoms with Crippen LogP contribution in [0.4, 0.5) is 4.79 Å². The first-order valence-corrected chi connectivity index (χ1v) is 11.3. The van der Waals surface area contributed by atoms with E-state index in [2.05, 4.69) is 10.6 Å². The number of hydrogen-bond donors (Lipinski definition) is 2. The van der Waals surface area contributed by atoms with E-state index >= 15 is 0 Å².